The molecule has 25 heavy (non-hydrogen) atoms. The summed E-state index contributed by atoms with van der Waals surface area (Å²) in [4.78, 5) is 0. The molecule has 134 valence electrons. The summed E-state index contributed by atoms with van der Waals surface area (Å²) in [6, 6.07) is 0. The first kappa shape index (κ1) is 16.8. The molecule has 7 atom stereocenters. The first-order valence-electron chi connectivity index (χ1n) is 10.7. The van der Waals surface area contributed by atoms with Gasteiger partial charge in [-0.3, -0.25) is 0 Å². The molecule has 0 aromatic carbocycles. The van der Waals surface area contributed by atoms with E-state index in [0.29, 0.717) is 5.92 Å². The van der Waals surface area contributed by atoms with Gasteiger partial charge in [0.05, 0.1) is 0 Å². The third-order valence-corrected chi connectivity index (χ3v) is 9.00. The normalized spacial score (nSPS) is 45.7. The summed E-state index contributed by atoms with van der Waals surface area (Å²) in [6.45, 7) is 0. The highest BCUT2D eigenvalue weighted by Crippen LogP contribution is 2.49. The van der Waals surface area contributed by atoms with Crippen LogP contribution in [-0.2, 0) is 0 Å². The number of allylic oxidation sites excluding steroid dienone is 8. The molecule has 5 aliphatic rings. The Morgan fingerprint density at radius 2 is 1.88 bits per heavy atom. The lowest BCUT2D eigenvalue weighted by Gasteiger charge is -2.43. The van der Waals surface area contributed by atoms with Crippen LogP contribution in [0.2, 0.25) is 0 Å². The van der Waals surface area contributed by atoms with Crippen molar-refractivity contribution in [2.24, 2.45) is 35.5 Å². The van der Waals surface area contributed by atoms with Crippen molar-refractivity contribution in [2.45, 2.75) is 61.7 Å². The lowest BCUT2D eigenvalue weighted by atomic mass is 9.62. The summed E-state index contributed by atoms with van der Waals surface area (Å²) in [5, 5.41) is 0. The van der Waals surface area contributed by atoms with Gasteiger partial charge < -0.3 is 0 Å². The van der Waals surface area contributed by atoms with Crippen LogP contribution < -0.4 is 0 Å². The summed E-state index contributed by atoms with van der Waals surface area (Å²) >= 11 is 2.67. The number of hydrogen-bond acceptors (Lipinski definition) is 0. The maximum Gasteiger partial charge on any atom is 0.0115 e. The number of hydrogen-bond donors (Lipinski definition) is 0. The van der Waals surface area contributed by atoms with Crippen LogP contribution in [0.15, 0.2) is 47.6 Å². The van der Waals surface area contributed by atoms with Crippen molar-refractivity contribution in [1.29, 1.82) is 0 Å². The molecule has 0 N–H and O–H groups in total. The molecule has 0 aromatic rings. The van der Waals surface area contributed by atoms with E-state index in [9.17, 15) is 0 Å². The zero-order chi connectivity index (χ0) is 16.8. The van der Waals surface area contributed by atoms with Gasteiger partial charge in [0.2, 0.25) is 0 Å². The summed E-state index contributed by atoms with van der Waals surface area (Å²) in [5.74, 6) is 5.18. The Balaban J connectivity index is 1.33. The quantitative estimate of drug-likeness (QED) is 0.230. The molecule has 0 spiro atoms. The second-order valence-electron chi connectivity index (χ2n) is 9.21. The van der Waals surface area contributed by atoms with Gasteiger partial charge in [-0.05, 0) is 93.0 Å². The molecule has 0 nitrogen and oxygen atoms in total. The van der Waals surface area contributed by atoms with E-state index >= 15 is 0 Å². The van der Waals surface area contributed by atoms with Crippen molar-refractivity contribution < 1.29 is 0 Å². The van der Waals surface area contributed by atoms with Gasteiger partial charge in [-0.15, -0.1) is 0 Å². The minimum absolute atomic E-state index is 0.708. The van der Waals surface area contributed by atoms with Crippen molar-refractivity contribution in [2.75, 3.05) is 0 Å². The number of alkyl halides is 1. The molecule has 0 heterocycles. The molecule has 0 bridgehead atoms. The fourth-order valence-electron chi connectivity index (χ4n) is 6.45. The lowest BCUT2D eigenvalue weighted by Crippen LogP contribution is -2.32. The molecular weight excluding hydrogens is 415 g/mol. The van der Waals surface area contributed by atoms with E-state index in [1.165, 1.54) is 57.8 Å². The molecule has 0 saturated heterocycles. The van der Waals surface area contributed by atoms with Crippen LogP contribution in [0.25, 0.3) is 0 Å². The van der Waals surface area contributed by atoms with Gasteiger partial charge in [0.25, 0.3) is 0 Å². The van der Waals surface area contributed by atoms with Gasteiger partial charge in [-0.2, -0.15) is 0 Å². The van der Waals surface area contributed by atoms with Crippen LogP contribution in [0.3, 0.4) is 0 Å². The predicted octanol–water partition coefficient (Wildman–Crippen LogP) is 7.03. The van der Waals surface area contributed by atoms with E-state index in [4.69, 9.17) is 0 Å². The standard InChI is InChI=1S/C24H31I/c25-22-11-9-18-13-17(6-7-20(18)15-22)19-10-12-24-21(14-19)8-5-16-3-1-2-4-23(16)24/h2,4,6-7,10,14,16-18,20,22-24H,1,3,5,8-9,11-13,15H2/t16?,17?,18-,20?,22?,23?,24?/m0/s1. The number of rotatable bonds is 1. The average Bonchev–Trinajstić information content (AvgIpc) is 2.67. The molecular formula is C24H31I. The molecule has 2 saturated carbocycles. The molecule has 5 rings (SSSR count). The summed E-state index contributed by atoms with van der Waals surface area (Å²) in [7, 11) is 0. The largest absolute Gasteiger partial charge is 0.0882 e. The lowest BCUT2D eigenvalue weighted by molar-refractivity contribution is 0.224. The van der Waals surface area contributed by atoms with Crippen LogP contribution >= 0.6 is 22.6 Å². The van der Waals surface area contributed by atoms with Gasteiger partial charge in [0.1, 0.15) is 0 Å². The Bertz CT molecular complexity index is 636. The van der Waals surface area contributed by atoms with Crippen molar-refractivity contribution in [1.82, 2.24) is 0 Å². The van der Waals surface area contributed by atoms with Crippen molar-refractivity contribution in [3.8, 4) is 0 Å². The zero-order valence-corrected chi connectivity index (χ0v) is 17.4. The third kappa shape index (κ3) is 3.24. The first-order valence-corrected chi connectivity index (χ1v) is 11.9. The Morgan fingerprint density at radius 3 is 2.84 bits per heavy atom. The smallest absolute Gasteiger partial charge is 0.0115 e. The molecule has 0 radical (unpaired) electrons. The molecule has 1 heteroatoms. The molecule has 0 aromatic heterocycles. The SMILES string of the molecule is IC1CC[C@H]2CC(C3=CCC4C(=C3)CCC3CCC=CC34)C=CC2C1. The fraction of sp³-hybridized carbons (Fsp3) is 0.667. The van der Waals surface area contributed by atoms with Crippen LogP contribution in [-0.4, -0.2) is 3.92 Å². The van der Waals surface area contributed by atoms with Crippen LogP contribution in [0.1, 0.15) is 57.8 Å². The Morgan fingerprint density at radius 1 is 0.920 bits per heavy atom. The monoisotopic (exact) mass is 446 g/mol. The van der Waals surface area contributed by atoms with Crippen molar-refractivity contribution in [3.63, 3.8) is 0 Å². The van der Waals surface area contributed by atoms with Crippen LogP contribution in [0.4, 0.5) is 0 Å². The van der Waals surface area contributed by atoms with Crippen molar-refractivity contribution in [3.05, 3.63) is 47.6 Å². The summed E-state index contributed by atoms with van der Waals surface area (Å²) < 4.78 is 0.913. The molecule has 0 amide bonds. The number of fused-ring (bicyclic) bond motifs is 4. The van der Waals surface area contributed by atoms with E-state index in [1.54, 1.807) is 11.1 Å². The van der Waals surface area contributed by atoms with Crippen molar-refractivity contribution >= 4 is 22.6 Å². The highest BCUT2D eigenvalue weighted by molar-refractivity contribution is 14.1. The van der Waals surface area contributed by atoms with Gasteiger partial charge in [0.15, 0.2) is 0 Å². The Hall–Kier alpha value is -0.310. The van der Waals surface area contributed by atoms with Gasteiger partial charge in [-0.25, -0.2) is 0 Å². The Kier molecular flexibility index (Phi) is 4.73. The zero-order valence-electron chi connectivity index (χ0n) is 15.2. The molecule has 5 aliphatic carbocycles. The second-order valence-corrected chi connectivity index (χ2v) is 11.0. The maximum absolute atomic E-state index is 2.67. The predicted molar refractivity (Wildman–Crippen MR) is 115 cm³/mol. The molecule has 0 aliphatic heterocycles. The molecule has 2 fully saturated rings. The second kappa shape index (κ2) is 7.02. The maximum atomic E-state index is 2.67. The van der Waals surface area contributed by atoms with Gasteiger partial charge in [0, 0.05) is 9.84 Å². The third-order valence-electron chi connectivity index (χ3n) is 7.87. The Labute approximate surface area is 167 Å². The van der Waals surface area contributed by atoms with E-state index in [2.05, 4.69) is 59.0 Å². The number of halogens is 1. The fourth-order valence-corrected chi connectivity index (χ4v) is 7.40. The van der Waals surface area contributed by atoms with E-state index < -0.39 is 0 Å². The highest BCUT2D eigenvalue weighted by atomic mass is 127. The highest BCUT2D eigenvalue weighted by Gasteiger charge is 2.38. The van der Waals surface area contributed by atoms with Crippen LogP contribution in [0.5, 0.6) is 0 Å². The molecule has 6 unspecified atom stereocenters. The van der Waals surface area contributed by atoms with E-state index in [1.807, 2.05) is 0 Å². The summed E-state index contributed by atoms with van der Waals surface area (Å²) in [5.41, 5.74) is 3.45. The van der Waals surface area contributed by atoms with Crippen LogP contribution in [0, 0.1) is 35.5 Å². The topological polar surface area (TPSA) is 0 Å². The van der Waals surface area contributed by atoms with E-state index in [-0.39, 0.29) is 0 Å². The minimum atomic E-state index is 0.708. The summed E-state index contributed by atoms with van der Waals surface area (Å²) in [6.07, 6.45) is 28.1. The first-order chi connectivity index (χ1) is 12.3. The minimum Gasteiger partial charge on any atom is -0.0882 e. The van der Waals surface area contributed by atoms with Gasteiger partial charge >= 0.3 is 0 Å². The van der Waals surface area contributed by atoms with E-state index in [0.717, 1.165) is 33.5 Å². The average molecular weight is 446 g/mol. The van der Waals surface area contributed by atoms with Gasteiger partial charge in [-0.1, -0.05) is 64.6 Å².